The summed E-state index contributed by atoms with van der Waals surface area (Å²) in [5.41, 5.74) is 8.87. The van der Waals surface area contributed by atoms with Crippen molar-refractivity contribution in [1.82, 2.24) is 14.5 Å². The normalized spacial score (nSPS) is 25.0. The average molecular weight is 395 g/mol. The van der Waals surface area contributed by atoms with Gasteiger partial charge in [-0.2, -0.15) is 0 Å². The number of aryl methyl sites for hydroxylation is 1. The quantitative estimate of drug-likeness (QED) is 0.702. The summed E-state index contributed by atoms with van der Waals surface area (Å²) in [6, 6.07) is 10.2. The Balaban J connectivity index is 1.79. The number of benzene rings is 1. The Labute approximate surface area is 171 Å². The van der Waals surface area contributed by atoms with Crippen LogP contribution in [0.25, 0.3) is 11.0 Å². The molecule has 154 valence electrons. The van der Waals surface area contributed by atoms with E-state index in [0.717, 1.165) is 29.4 Å². The Bertz CT molecular complexity index is 993. The number of aromatic nitrogens is 3. The summed E-state index contributed by atoms with van der Waals surface area (Å²) in [5.74, 6) is 0.581. The Morgan fingerprint density at radius 3 is 2.59 bits per heavy atom. The first-order valence-electron chi connectivity index (χ1n) is 10.3. The molecule has 1 saturated carbocycles. The van der Waals surface area contributed by atoms with Crippen molar-refractivity contribution in [2.45, 2.75) is 70.3 Å². The molecule has 2 aromatic heterocycles. The minimum absolute atomic E-state index is 0.0946. The van der Waals surface area contributed by atoms with Crippen LogP contribution in [0.5, 0.6) is 0 Å². The molecule has 0 saturated heterocycles. The summed E-state index contributed by atoms with van der Waals surface area (Å²) >= 11 is 0. The SMILES string of the molecule is CCc1cn([C@@H]2C[C@H](c3ccccc3)[C@@H](OC(C)(C)C)[C@H]2O)c2ncnc(N)c12. The van der Waals surface area contributed by atoms with Crippen LogP contribution in [0.4, 0.5) is 5.82 Å². The largest absolute Gasteiger partial charge is 0.388 e. The van der Waals surface area contributed by atoms with Crippen LogP contribution in [0.3, 0.4) is 0 Å². The van der Waals surface area contributed by atoms with Gasteiger partial charge >= 0.3 is 0 Å². The van der Waals surface area contributed by atoms with Crippen molar-refractivity contribution >= 4 is 16.9 Å². The predicted octanol–water partition coefficient (Wildman–Crippen LogP) is 3.85. The minimum Gasteiger partial charge on any atom is -0.388 e. The molecule has 3 N–H and O–H groups in total. The van der Waals surface area contributed by atoms with E-state index < -0.39 is 6.10 Å². The van der Waals surface area contributed by atoms with Gasteiger partial charge in [0.25, 0.3) is 0 Å². The van der Waals surface area contributed by atoms with E-state index in [2.05, 4.69) is 39.8 Å². The van der Waals surface area contributed by atoms with E-state index in [1.165, 1.54) is 11.9 Å². The molecule has 0 unspecified atom stereocenters. The molecule has 6 nitrogen and oxygen atoms in total. The fraction of sp³-hybridized carbons (Fsp3) is 0.478. The molecule has 0 bridgehead atoms. The maximum absolute atomic E-state index is 11.4. The van der Waals surface area contributed by atoms with Gasteiger partial charge in [0.1, 0.15) is 23.9 Å². The Morgan fingerprint density at radius 2 is 1.93 bits per heavy atom. The van der Waals surface area contributed by atoms with Crippen LogP contribution in [0.1, 0.15) is 57.2 Å². The van der Waals surface area contributed by atoms with Gasteiger partial charge in [0, 0.05) is 12.1 Å². The van der Waals surface area contributed by atoms with Crippen molar-refractivity contribution in [3.05, 3.63) is 54.0 Å². The summed E-state index contributed by atoms with van der Waals surface area (Å²) in [7, 11) is 0. The van der Waals surface area contributed by atoms with E-state index in [0.29, 0.717) is 5.82 Å². The van der Waals surface area contributed by atoms with Gasteiger partial charge in [-0.3, -0.25) is 0 Å². The van der Waals surface area contributed by atoms with E-state index in [1.807, 2.05) is 39.0 Å². The number of nitrogen functional groups attached to an aromatic ring is 1. The number of rotatable bonds is 4. The first-order valence-corrected chi connectivity index (χ1v) is 10.3. The average Bonchev–Trinajstić information content (AvgIpc) is 3.21. The highest BCUT2D eigenvalue weighted by molar-refractivity contribution is 5.89. The van der Waals surface area contributed by atoms with E-state index in [1.54, 1.807) is 0 Å². The molecular weight excluding hydrogens is 364 g/mol. The molecule has 3 aromatic rings. The highest BCUT2D eigenvalue weighted by Gasteiger charge is 2.46. The van der Waals surface area contributed by atoms with Crippen molar-refractivity contribution in [3.8, 4) is 0 Å². The zero-order chi connectivity index (χ0) is 20.8. The predicted molar refractivity (Wildman–Crippen MR) is 115 cm³/mol. The zero-order valence-electron chi connectivity index (χ0n) is 17.5. The van der Waals surface area contributed by atoms with Crippen molar-refractivity contribution in [1.29, 1.82) is 0 Å². The van der Waals surface area contributed by atoms with Gasteiger partial charge < -0.3 is 20.1 Å². The zero-order valence-corrected chi connectivity index (χ0v) is 17.5. The van der Waals surface area contributed by atoms with Gasteiger partial charge in [-0.1, -0.05) is 37.3 Å². The third kappa shape index (κ3) is 3.63. The van der Waals surface area contributed by atoms with E-state index in [9.17, 15) is 5.11 Å². The number of ether oxygens (including phenoxy) is 1. The number of nitrogens with zero attached hydrogens (tertiary/aromatic N) is 3. The lowest BCUT2D eigenvalue weighted by molar-refractivity contribution is -0.109. The molecule has 1 fully saturated rings. The number of anilines is 1. The third-order valence-corrected chi connectivity index (χ3v) is 5.80. The highest BCUT2D eigenvalue weighted by Crippen LogP contribution is 2.46. The van der Waals surface area contributed by atoms with Crippen LogP contribution in [-0.4, -0.2) is 37.5 Å². The fourth-order valence-corrected chi connectivity index (χ4v) is 4.56. The second kappa shape index (κ2) is 7.43. The maximum Gasteiger partial charge on any atom is 0.146 e. The number of aliphatic hydroxyl groups excluding tert-OH is 1. The van der Waals surface area contributed by atoms with Gasteiger partial charge in [-0.15, -0.1) is 0 Å². The second-order valence-corrected chi connectivity index (χ2v) is 8.88. The topological polar surface area (TPSA) is 86.2 Å². The van der Waals surface area contributed by atoms with Gasteiger partial charge in [-0.05, 0) is 44.7 Å². The molecule has 4 atom stereocenters. The van der Waals surface area contributed by atoms with Crippen LogP contribution < -0.4 is 5.73 Å². The van der Waals surface area contributed by atoms with Gasteiger partial charge in [0.05, 0.1) is 23.1 Å². The summed E-state index contributed by atoms with van der Waals surface area (Å²) in [6.45, 7) is 8.19. The first kappa shape index (κ1) is 19.9. The summed E-state index contributed by atoms with van der Waals surface area (Å²) in [6.07, 6.45) is 4.20. The standard InChI is InChI=1S/C23H30N4O2/c1-5-14-12-27(22-18(14)21(24)25-13-26-22)17-11-16(15-9-7-6-8-10-15)20(19(17)28)29-23(2,3)4/h6-10,12-13,16-17,19-20,28H,5,11H2,1-4H3,(H2,24,25,26)/t16-,17-,19+,20-/m1/s1. The van der Waals surface area contributed by atoms with E-state index in [-0.39, 0.29) is 23.7 Å². The molecule has 0 amide bonds. The molecule has 29 heavy (non-hydrogen) atoms. The number of hydrogen-bond acceptors (Lipinski definition) is 5. The summed E-state index contributed by atoms with van der Waals surface area (Å²) in [4.78, 5) is 8.67. The molecule has 6 heteroatoms. The molecule has 0 aliphatic heterocycles. The summed E-state index contributed by atoms with van der Waals surface area (Å²) < 4.78 is 8.46. The molecule has 0 radical (unpaired) electrons. The van der Waals surface area contributed by atoms with Crippen LogP contribution in [0.2, 0.25) is 0 Å². The highest BCUT2D eigenvalue weighted by atomic mass is 16.5. The lowest BCUT2D eigenvalue weighted by Crippen LogP contribution is -2.37. The number of nitrogens with two attached hydrogens (primary N) is 1. The van der Waals surface area contributed by atoms with Crippen LogP contribution in [-0.2, 0) is 11.2 Å². The number of fused-ring (bicyclic) bond motifs is 1. The molecular formula is C23H30N4O2. The van der Waals surface area contributed by atoms with Gasteiger partial charge in [-0.25, -0.2) is 9.97 Å². The Morgan fingerprint density at radius 1 is 1.21 bits per heavy atom. The van der Waals surface area contributed by atoms with Crippen molar-refractivity contribution in [2.75, 3.05) is 5.73 Å². The Kier molecular flexibility index (Phi) is 5.09. The molecule has 1 aliphatic rings. The number of hydrogen-bond donors (Lipinski definition) is 2. The monoisotopic (exact) mass is 394 g/mol. The summed E-state index contributed by atoms with van der Waals surface area (Å²) in [5, 5.41) is 12.3. The first-order chi connectivity index (χ1) is 13.8. The molecule has 0 spiro atoms. The van der Waals surface area contributed by atoms with Crippen LogP contribution in [0.15, 0.2) is 42.9 Å². The Hall–Kier alpha value is -2.44. The lowest BCUT2D eigenvalue weighted by Gasteiger charge is -2.31. The molecule has 1 aromatic carbocycles. The fourth-order valence-electron chi connectivity index (χ4n) is 4.56. The molecule has 1 aliphatic carbocycles. The maximum atomic E-state index is 11.4. The van der Waals surface area contributed by atoms with Crippen molar-refractivity contribution in [2.24, 2.45) is 0 Å². The van der Waals surface area contributed by atoms with Crippen molar-refractivity contribution in [3.63, 3.8) is 0 Å². The van der Waals surface area contributed by atoms with Gasteiger partial charge in [0.15, 0.2) is 0 Å². The van der Waals surface area contributed by atoms with Crippen LogP contribution in [0, 0.1) is 0 Å². The second-order valence-electron chi connectivity index (χ2n) is 8.88. The molecule has 2 heterocycles. The van der Waals surface area contributed by atoms with E-state index in [4.69, 9.17) is 10.5 Å². The van der Waals surface area contributed by atoms with Crippen LogP contribution >= 0.6 is 0 Å². The van der Waals surface area contributed by atoms with E-state index >= 15 is 0 Å². The van der Waals surface area contributed by atoms with Gasteiger partial charge in [0.2, 0.25) is 0 Å². The number of aliphatic hydroxyl groups is 1. The minimum atomic E-state index is -0.657. The van der Waals surface area contributed by atoms with Crippen molar-refractivity contribution < 1.29 is 9.84 Å². The smallest absolute Gasteiger partial charge is 0.146 e. The molecule has 4 rings (SSSR count). The third-order valence-electron chi connectivity index (χ3n) is 5.80. The lowest BCUT2D eigenvalue weighted by atomic mass is 9.94.